The minimum atomic E-state index is -0.618. The lowest BCUT2D eigenvalue weighted by atomic mass is 9.71. The van der Waals surface area contributed by atoms with Crippen molar-refractivity contribution in [3.63, 3.8) is 0 Å². The fourth-order valence-corrected chi connectivity index (χ4v) is 3.77. The van der Waals surface area contributed by atoms with Crippen molar-refractivity contribution in [2.24, 2.45) is 5.92 Å². The van der Waals surface area contributed by atoms with E-state index >= 15 is 0 Å². The fraction of sp³-hybridized carbons (Fsp3) is 0.667. The van der Waals surface area contributed by atoms with E-state index in [4.69, 9.17) is 0 Å². The van der Waals surface area contributed by atoms with Crippen LogP contribution in [0, 0.1) is 5.92 Å². The Kier molecular flexibility index (Phi) is 3.87. The molecule has 110 valence electrons. The van der Waals surface area contributed by atoms with E-state index in [-0.39, 0.29) is 0 Å². The van der Waals surface area contributed by atoms with Gasteiger partial charge < -0.3 is 10.0 Å². The summed E-state index contributed by atoms with van der Waals surface area (Å²) in [5.74, 6) is 1.12. The highest BCUT2D eigenvalue weighted by Crippen LogP contribution is 2.45. The van der Waals surface area contributed by atoms with Crippen molar-refractivity contribution >= 4 is 0 Å². The number of aliphatic hydroxyl groups is 1. The standard InChI is InChI=1S/C18H27NO/c1-19(2)13-17-7-3-4-11-18(17,20)16-8-5-6-15(12-16)14-9-10-14/h5-6,8,12,14,17,20H,3-4,7,9-11,13H2,1-2H3. The summed E-state index contributed by atoms with van der Waals surface area (Å²) < 4.78 is 0. The Labute approximate surface area is 122 Å². The summed E-state index contributed by atoms with van der Waals surface area (Å²) in [5, 5.41) is 11.4. The maximum atomic E-state index is 11.4. The third-order valence-corrected chi connectivity index (χ3v) is 5.06. The number of hydrogen-bond acceptors (Lipinski definition) is 2. The van der Waals surface area contributed by atoms with Crippen LogP contribution in [0.1, 0.15) is 55.6 Å². The van der Waals surface area contributed by atoms with Crippen LogP contribution in [0.25, 0.3) is 0 Å². The molecule has 0 spiro atoms. The molecule has 2 aliphatic carbocycles. The maximum Gasteiger partial charge on any atom is 0.0936 e. The van der Waals surface area contributed by atoms with Crippen LogP contribution < -0.4 is 0 Å². The van der Waals surface area contributed by atoms with Crippen LogP contribution in [0.2, 0.25) is 0 Å². The van der Waals surface area contributed by atoms with Gasteiger partial charge in [-0.05, 0) is 56.8 Å². The molecule has 0 saturated heterocycles. The zero-order chi connectivity index (χ0) is 14.2. The molecule has 2 atom stereocenters. The lowest BCUT2D eigenvalue weighted by Crippen LogP contribution is -2.43. The van der Waals surface area contributed by atoms with Gasteiger partial charge in [-0.1, -0.05) is 37.1 Å². The Morgan fingerprint density at radius 2 is 2.00 bits per heavy atom. The van der Waals surface area contributed by atoms with E-state index in [1.54, 1.807) is 0 Å². The molecule has 0 bridgehead atoms. The molecule has 0 aromatic heterocycles. The smallest absolute Gasteiger partial charge is 0.0936 e. The van der Waals surface area contributed by atoms with E-state index in [1.807, 2.05) is 0 Å². The summed E-state index contributed by atoms with van der Waals surface area (Å²) in [6, 6.07) is 8.79. The molecule has 2 nitrogen and oxygen atoms in total. The van der Waals surface area contributed by atoms with Crippen LogP contribution in [0.5, 0.6) is 0 Å². The van der Waals surface area contributed by atoms with E-state index < -0.39 is 5.60 Å². The molecule has 0 aliphatic heterocycles. The molecular weight excluding hydrogens is 246 g/mol. The number of nitrogens with zero attached hydrogens (tertiary/aromatic N) is 1. The van der Waals surface area contributed by atoms with Crippen LogP contribution in [0.4, 0.5) is 0 Å². The molecule has 1 N–H and O–H groups in total. The van der Waals surface area contributed by atoms with E-state index in [0.29, 0.717) is 5.92 Å². The van der Waals surface area contributed by atoms with Gasteiger partial charge in [0.1, 0.15) is 0 Å². The van der Waals surface area contributed by atoms with Gasteiger partial charge in [0.15, 0.2) is 0 Å². The topological polar surface area (TPSA) is 23.5 Å². The van der Waals surface area contributed by atoms with Gasteiger partial charge in [0, 0.05) is 12.5 Å². The predicted octanol–water partition coefficient (Wildman–Crippen LogP) is 3.50. The van der Waals surface area contributed by atoms with Crippen LogP contribution >= 0.6 is 0 Å². The van der Waals surface area contributed by atoms with Crippen molar-refractivity contribution < 1.29 is 5.11 Å². The SMILES string of the molecule is CN(C)CC1CCCCC1(O)c1cccc(C2CC2)c1. The number of hydrogen-bond donors (Lipinski definition) is 1. The lowest BCUT2D eigenvalue weighted by molar-refractivity contribution is -0.0619. The average Bonchev–Trinajstić information content (AvgIpc) is 3.26. The first-order valence-corrected chi connectivity index (χ1v) is 8.07. The van der Waals surface area contributed by atoms with Crippen molar-refractivity contribution in [1.82, 2.24) is 4.90 Å². The molecule has 0 amide bonds. The van der Waals surface area contributed by atoms with Crippen LogP contribution in [-0.4, -0.2) is 30.6 Å². The van der Waals surface area contributed by atoms with Crippen LogP contribution in [0.3, 0.4) is 0 Å². The third kappa shape index (κ3) is 2.77. The molecule has 0 heterocycles. The first-order chi connectivity index (χ1) is 9.59. The van der Waals surface area contributed by atoms with E-state index in [1.165, 1.54) is 24.8 Å². The summed E-state index contributed by atoms with van der Waals surface area (Å²) in [6.07, 6.45) is 7.10. The molecule has 1 aromatic rings. The van der Waals surface area contributed by atoms with Crippen LogP contribution in [-0.2, 0) is 5.60 Å². The van der Waals surface area contributed by atoms with Gasteiger partial charge in [0.25, 0.3) is 0 Å². The summed E-state index contributed by atoms with van der Waals surface area (Å²) in [5.41, 5.74) is 1.98. The van der Waals surface area contributed by atoms with Gasteiger partial charge in [0.2, 0.25) is 0 Å². The Bertz CT molecular complexity index is 466. The molecule has 2 saturated carbocycles. The Balaban J connectivity index is 1.89. The highest BCUT2D eigenvalue weighted by Gasteiger charge is 2.40. The molecule has 2 fully saturated rings. The van der Waals surface area contributed by atoms with E-state index in [0.717, 1.165) is 37.3 Å². The molecular formula is C18H27NO. The predicted molar refractivity (Wildman–Crippen MR) is 82.8 cm³/mol. The van der Waals surface area contributed by atoms with Gasteiger partial charge in [-0.15, -0.1) is 0 Å². The molecule has 20 heavy (non-hydrogen) atoms. The second-order valence-corrected chi connectivity index (χ2v) is 7.03. The highest BCUT2D eigenvalue weighted by molar-refractivity contribution is 5.33. The van der Waals surface area contributed by atoms with Crippen molar-refractivity contribution in [2.45, 2.75) is 50.0 Å². The van der Waals surface area contributed by atoms with E-state index in [2.05, 4.69) is 43.3 Å². The summed E-state index contributed by atoms with van der Waals surface area (Å²) in [6.45, 7) is 0.976. The van der Waals surface area contributed by atoms with Crippen molar-refractivity contribution in [2.75, 3.05) is 20.6 Å². The molecule has 2 aliphatic rings. The first-order valence-electron chi connectivity index (χ1n) is 8.07. The van der Waals surface area contributed by atoms with Crippen LogP contribution in [0.15, 0.2) is 24.3 Å². The van der Waals surface area contributed by atoms with Gasteiger partial charge >= 0.3 is 0 Å². The zero-order valence-corrected chi connectivity index (χ0v) is 12.8. The van der Waals surface area contributed by atoms with Gasteiger partial charge in [0.05, 0.1) is 5.60 Å². The third-order valence-electron chi connectivity index (χ3n) is 5.06. The molecule has 3 rings (SSSR count). The monoisotopic (exact) mass is 273 g/mol. The number of rotatable bonds is 4. The Hall–Kier alpha value is -0.860. The maximum absolute atomic E-state index is 11.4. The highest BCUT2D eigenvalue weighted by atomic mass is 16.3. The average molecular weight is 273 g/mol. The zero-order valence-electron chi connectivity index (χ0n) is 12.8. The minimum absolute atomic E-state index is 0.362. The molecule has 0 radical (unpaired) electrons. The van der Waals surface area contributed by atoms with Crippen molar-refractivity contribution in [1.29, 1.82) is 0 Å². The molecule has 1 aromatic carbocycles. The van der Waals surface area contributed by atoms with Gasteiger partial charge in [-0.25, -0.2) is 0 Å². The summed E-state index contributed by atoms with van der Waals surface area (Å²) in [4.78, 5) is 2.21. The second-order valence-electron chi connectivity index (χ2n) is 7.03. The second kappa shape index (κ2) is 5.50. The van der Waals surface area contributed by atoms with Crippen molar-refractivity contribution in [3.8, 4) is 0 Å². The Morgan fingerprint density at radius 3 is 2.70 bits per heavy atom. The molecule has 2 heteroatoms. The lowest BCUT2D eigenvalue weighted by Gasteiger charge is -2.42. The summed E-state index contributed by atoms with van der Waals surface area (Å²) in [7, 11) is 4.21. The Morgan fingerprint density at radius 1 is 1.20 bits per heavy atom. The summed E-state index contributed by atoms with van der Waals surface area (Å²) >= 11 is 0. The van der Waals surface area contributed by atoms with Gasteiger partial charge in [-0.3, -0.25) is 0 Å². The number of benzene rings is 1. The quantitative estimate of drug-likeness (QED) is 0.907. The van der Waals surface area contributed by atoms with E-state index in [9.17, 15) is 5.11 Å². The fourth-order valence-electron chi connectivity index (χ4n) is 3.77. The largest absolute Gasteiger partial charge is 0.385 e. The van der Waals surface area contributed by atoms with Gasteiger partial charge in [-0.2, -0.15) is 0 Å². The minimum Gasteiger partial charge on any atom is -0.385 e. The molecule has 2 unspecified atom stereocenters. The normalized spacial score (nSPS) is 30.7. The first kappa shape index (κ1) is 14.1. The van der Waals surface area contributed by atoms with Crippen molar-refractivity contribution in [3.05, 3.63) is 35.4 Å².